The van der Waals surface area contributed by atoms with Crippen LogP contribution in [0.4, 0.5) is 0 Å². The fraction of sp³-hybridized carbons (Fsp3) is 0.471. The molecule has 1 amide bonds. The van der Waals surface area contributed by atoms with Crippen LogP contribution in [0.25, 0.3) is 0 Å². The van der Waals surface area contributed by atoms with E-state index in [2.05, 4.69) is 24.1 Å². The highest BCUT2D eigenvalue weighted by Gasteiger charge is 2.25. The average molecular weight is 306 g/mol. The molecule has 1 aromatic rings. The van der Waals surface area contributed by atoms with Crippen LogP contribution in [0.15, 0.2) is 18.2 Å². The Balaban J connectivity index is 2.01. The molecule has 0 saturated heterocycles. The van der Waals surface area contributed by atoms with Gasteiger partial charge in [-0.1, -0.05) is 29.9 Å². The first-order valence-electron chi connectivity index (χ1n) is 7.32. The number of halogens is 1. The predicted octanol–water partition coefficient (Wildman–Crippen LogP) is 2.99. The largest absolute Gasteiger partial charge is 0.395 e. The Hall–Kier alpha value is -1.50. The minimum absolute atomic E-state index is 0.0319. The molecule has 2 rings (SSSR count). The summed E-state index contributed by atoms with van der Waals surface area (Å²) in [5, 5.41) is 12.2. The highest BCUT2D eigenvalue weighted by Crippen LogP contribution is 2.29. The van der Waals surface area contributed by atoms with Crippen molar-refractivity contribution in [1.29, 1.82) is 0 Å². The Kier molecular flexibility index (Phi) is 5.67. The lowest BCUT2D eigenvalue weighted by Crippen LogP contribution is -2.40. The van der Waals surface area contributed by atoms with Gasteiger partial charge in [0.25, 0.3) is 5.91 Å². The second kappa shape index (κ2) is 7.49. The maximum absolute atomic E-state index is 12.2. The van der Waals surface area contributed by atoms with E-state index in [4.69, 9.17) is 16.7 Å². The van der Waals surface area contributed by atoms with Gasteiger partial charge < -0.3 is 10.4 Å². The number of aliphatic hydroxyl groups excluding tert-OH is 1. The molecular formula is C17H20ClNO2. The van der Waals surface area contributed by atoms with Crippen molar-refractivity contribution in [3.63, 3.8) is 0 Å². The molecule has 0 spiro atoms. The van der Waals surface area contributed by atoms with Gasteiger partial charge in [0.2, 0.25) is 0 Å². The lowest BCUT2D eigenvalue weighted by Gasteiger charge is -2.31. The van der Waals surface area contributed by atoms with Crippen molar-refractivity contribution in [2.24, 2.45) is 5.92 Å². The van der Waals surface area contributed by atoms with E-state index in [1.165, 1.54) is 19.3 Å². The molecule has 1 aliphatic rings. The molecule has 0 heterocycles. The van der Waals surface area contributed by atoms with E-state index in [0.29, 0.717) is 28.5 Å². The molecule has 3 nitrogen and oxygen atoms in total. The van der Waals surface area contributed by atoms with E-state index in [9.17, 15) is 4.79 Å². The maximum atomic E-state index is 12.2. The molecule has 112 valence electrons. The zero-order valence-corrected chi connectivity index (χ0v) is 12.9. The first-order valence-corrected chi connectivity index (χ1v) is 7.69. The third kappa shape index (κ3) is 4.23. The summed E-state index contributed by atoms with van der Waals surface area (Å²) in [6, 6.07) is 5.33. The summed E-state index contributed by atoms with van der Waals surface area (Å²) >= 11 is 6.14. The zero-order valence-electron chi connectivity index (χ0n) is 12.2. The van der Waals surface area contributed by atoms with Gasteiger partial charge in [-0.15, -0.1) is 0 Å². The topological polar surface area (TPSA) is 49.3 Å². The second-order valence-corrected chi connectivity index (χ2v) is 5.83. The number of carbonyl (C=O) groups is 1. The average Bonchev–Trinajstić information content (AvgIpc) is 2.38. The highest BCUT2D eigenvalue weighted by atomic mass is 35.5. The normalized spacial score (nSPS) is 15.6. The number of rotatable bonds is 4. The van der Waals surface area contributed by atoms with Crippen LogP contribution in [0.2, 0.25) is 5.02 Å². The molecule has 1 saturated carbocycles. The van der Waals surface area contributed by atoms with Crippen molar-refractivity contribution >= 4 is 17.5 Å². The van der Waals surface area contributed by atoms with Crippen molar-refractivity contribution in [2.45, 2.75) is 38.6 Å². The third-order valence-electron chi connectivity index (χ3n) is 3.91. The van der Waals surface area contributed by atoms with Crippen LogP contribution in [-0.2, 0) is 0 Å². The quantitative estimate of drug-likeness (QED) is 0.840. The summed E-state index contributed by atoms with van der Waals surface area (Å²) < 4.78 is 0. The van der Waals surface area contributed by atoms with E-state index in [0.717, 1.165) is 0 Å². The van der Waals surface area contributed by atoms with Gasteiger partial charge in [-0.05, 0) is 43.9 Å². The van der Waals surface area contributed by atoms with Crippen LogP contribution < -0.4 is 5.32 Å². The summed E-state index contributed by atoms with van der Waals surface area (Å²) in [5.41, 5.74) is 1.23. The van der Waals surface area contributed by atoms with Crippen LogP contribution in [-0.4, -0.2) is 23.7 Å². The fourth-order valence-electron chi connectivity index (χ4n) is 2.32. The lowest BCUT2D eigenvalue weighted by molar-refractivity contribution is 0.0909. The number of hydrogen-bond donors (Lipinski definition) is 2. The lowest BCUT2D eigenvalue weighted by atomic mass is 9.80. The number of benzene rings is 1. The summed E-state index contributed by atoms with van der Waals surface area (Å²) in [4.78, 5) is 12.2. The van der Waals surface area contributed by atoms with Gasteiger partial charge in [0, 0.05) is 23.6 Å². The van der Waals surface area contributed by atoms with E-state index in [-0.39, 0.29) is 18.6 Å². The Morgan fingerprint density at radius 1 is 1.52 bits per heavy atom. The van der Waals surface area contributed by atoms with Crippen molar-refractivity contribution in [3.05, 3.63) is 34.3 Å². The molecule has 1 unspecified atom stereocenters. The summed E-state index contributed by atoms with van der Waals surface area (Å²) in [7, 11) is 0. The predicted molar refractivity (Wildman–Crippen MR) is 84.3 cm³/mol. The maximum Gasteiger partial charge on any atom is 0.251 e. The minimum atomic E-state index is -0.0915. The van der Waals surface area contributed by atoms with Gasteiger partial charge in [0.15, 0.2) is 0 Å². The molecule has 1 atom stereocenters. The zero-order chi connectivity index (χ0) is 15.2. The van der Waals surface area contributed by atoms with Crippen LogP contribution >= 0.6 is 11.6 Å². The smallest absolute Gasteiger partial charge is 0.251 e. The summed E-state index contributed by atoms with van der Waals surface area (Å²) in [5.74, 6) is 6.21. The van der Waals surface area contributed by atoms with Crippen molar-refractivity contribution < 1.29 is 9.90 Å². The standard InChI is InChI=1S/C17H20ClNO2/c1-12(13-6-4-7-13)19-17(21)15-9-8-14(16(18)11-15)5-2-3-10-20/h8-9,11-13,20H,3-4,6-7,10H2,1H3,(H,19,21). The van der Waals surface area contributed by atoms with Gasteiger partial charge in [-0.25, -0.2) is 0 Å². The molecule has 0 aromatic heterocycles. The van der Waals surface area contributed by atoms with Crippen molar-refractivity contribution in [2.75, 3.05) is 6.61 Å². The number of nitrogens with one attached hydrogen (secondary N) is 1. The molecular weight excluding hydrogens is 286 g/mol. The SMILES string of the molecule is CC(NC(=O)c1ccc(C#CCCO)c(Cl)c1)C1CCC1. The molecule has 0 radical (unpaired) electrons. The Bertz CT molecular complexity index is 570. The van der Waals surface area contributed by atoms with E-state index in [1.807, 2.05) is 0 Å². The molecule has 0 aliphatic heterocycles. The molecule has 0 bridgehead atoms. The summed E-state index contributed by atoms with van der Waals surface area (Å²) in [6.07, 6.45) is 4.07. The fourth-order valence-corrected chi connectivity index (χ4v) is 2.55. The van der Waals surface area contributed by atoms with Crippen LogP contribution in [0.3, 0.4) is 0 Å². The Labute approximate surface area is 130 Å². The van der Waals surface area contributed by atoms with Gasteiger partial charge in [0.05, 0.1) is 11.6 Å². The molecule has 1 aromatic carbocycles. The number of carbonyl (C=O) groups excluding carboxylic acids is 1. The van der Waals surface area contributed by atoms with Crippen molar-refractivity contribution in [3.8, 4) is 11.8 Å². The Morgan fingerprint density at radius 2 is 2.29 bits per heavy atom. The molecule has 2 N–H and O–H groups in total. The van der Waals surface area contributed by atoms with Gasteiger partial charge in [-0.3, -0.25) is 4.79 Å². The van der Waals surface area contributed by atoms with Gasteiger partial charge in [-0.2, -0.15) is 0 Å². The molecule has 21 heavy (non-hydrogen) atoms. The summed E-state index contributed by atoms with van der Waals surface area (Å²) in [6.45, 7) is 2.09. The number of hydrogen-bond acceptors (Lipinski definition) is 2. The van der Waals surface area contributed by atoms with E-state index in [1.54, 1.807) is 18.2 Å². The van der Waals surface area contributed by atoms with Crippen LogP contribution in [0.1, 0.15) is 48.5 Å². The first-order chi connectivity index (χ1) is 10.1. The van der Waals surface area contributed by atoms with Crippen LogP contribution in [0, 0.1) is 17.8 Å². The highest BCUT2D eigenvalue weighted by molar-refractivity contribution is 6.32. The van der Waals surface area contributed by atoms with Gasteiger partial charge >= 0.3 is 0 Å². The molecule has 1 aliphatic carbocycles. The van der Waals surface area contributed by atoms with E-state index >= 15 is 0 Å². The third-order valence-corrected chi connectivity index (χ3v) is 4.22. The molecule has 4 heteroatoms. The van der Waals surface area contributed by atoms with Crippen molar-refractivity contribution in [1.82, 2.24) is 5.32 Å². The van der Waals surface area contributed by atoms with E-state index < -0.39 is 0 Å². The van der Waals surface area contributed by atoms with Crippen LogP contribution in [0.5, 0.6) is 0 Å². The number of amides is 1. The monoisotopic (exact) mass is 305 g/mol. The molecule has 1 fully saturated rings. The Morgan fingerprint density at radius 3 is 2.86 bits per heavy atom. The minimum Gasteiger partial charge on any atom is -0.395 e. The van der Waals surface area contributed by atoms with Gasteiger partial charge in [0.1, 0.15) is 0 Å². The second-order valence-electron chi connectivity index (χ2n) is 5.42. The first kappa shape index (κ1) is 15.9. The number of aliphatic hydroxyl groups is 1.